The van der Waals surface area contributed by atoms with Crippen LogP contribution in [0.1, 0.15) is 50.2 Å². The van der Waals surface area contributed by atoms with E-state index in [1.165, 1.54) is 44.3 Å². The van der Waals surface area contributed by atoms with Crippen LogP contribution in [0.25, 0.3) is 0 Å². The lowest BCUT2D eigenvalue weighted by Gasteiger charge is -2.56. The molecule has 0 N–H and O–H groups in total. The van der Waals surface area contributed by atoms with Gasteiger partial charge in [0.2, 0.25) is 0 Å². The maximum absolute atomic E-state index is 4.52. The van der Waals surface area contributed by atoms with Crippen LogP contribution in [0.3, 0.4) is 0 Å². The molecule has 4 bridgehead atoms. The van der Waals surface area contributed by atoms with E-state index in [0.717, 1.165) is 23.6 Å². The van der Waals surface area contributed by atoms with E-state index in [0.29, 0.717) is 5.41 Å². The lowest BCUT2D eigenvalue weighted by atomic mass is 9.49. The van der Waals surface area contributed by atoms with Gasteiger partial charge in [-0.3, -0.25) is 0 Å². The molecule has 0 saturated heterocycles. The summed E-state index contributed by atoms with van der Waals surface area (Å²) in [6.45, 7) is 2.07. The van der Waals surface area contributed by atoms with Gasteiger partial charge in [0.25, 0.3) is 0 Å². The molecule has 1 heterocycles. The standard InChI is InChI=1S/C14H21N3/c1-9-15-16-13(17(9)2)14-6-10-3-11(7-14)5-12(4-10)8-14/h10-12H,3-8H2,1-2H3. The molecule has 0 atom stereocenters. The Morgan fingerprint density at radius 1 is 1.00 bits per heavy atom. The van der Waals surface area contributed by atoms with Crippen LogP contribution in [0.15, 0.2) is 0 Å². The number of aromatic nitrogens is 3. The molecule has 4 aliphatic carbocycles. The zero-order chi connectivity index (χ0) is 11.6. The summed E-state index contributed by atoms with van der Waals surface area (Å²) >= 11 is 0. The van der Waals surface area contributed by atoms with E-state index >= 15 is 0 Å². The van der Waals surface area contributed by atoms with Crippen molar-refractivity contribution in [3.05, 3.63) is 11.6 Å². The molecule has 0 aromatic carbocycles. The number of hydrogen-bond acceptors (Lipinski definition) is 2. The molecule has 5 rings (SSSR count). The summed E-state index contributed by atoms with van der Waals surface area (Å²) in [7, 11) is 2.14. The smallest absolute Gasteiger partial charge is 0.139 e. The maximum Gasteiger partial charge on any atom is 0.139 e. The van der Waals surface area contributed by atoms with E-state index < -0.39 is 0 Å². The van der Waals surface area contributed by atoms with Crippen molar-refractivity contribution in [1.82, 2.24) is 14.8 Å². The van der Waals surface area contributed by atoms with Gasteiger partial charge in [-0.2, -0.15) is 0 Å². The largest absolute Gasteiger partial charge is 0.318 e. The van der Waals surface area contributed by atoms with Crippen LogP contribution >= 0.6 is 0 Å². The molecule has 4 saturated carbocycles. The van der Waals surface area contributed by atoms with Crippen LogP contribution in [0, 0.1) is 24.7 Å². The predicted octanol–water partition coefficient (Wildman–Crippen LogP) is 2.59. The SMILES string of the molecule is Cc1nnc(C23CC4CC(CC(C4)C2)C3)n1C. The lowest BCUT2D eigenvalue weighted by molar-refractivity contribution is -0.0108. The van der Waals surface area contributed by atoms with Gasteiger partial charge < -0.3 is 4.57 Å². The Balaban J connectivity index is 1.80. The molecule has 1 aromatic rings. The summed E-state index contributed by atoms with van der Waals surface area (Å²) in [4.78, 5) is 0. The summed E-state index contributed by atoms with van der Waals surface area (Å²) in [6, 6.07) is 0. The molecule has 17 heavy (non-hydrogen) atoms. The molecule has 3 nitrogen and oxygen atoms in total. The average Bonchev–Trinajstić information content (AvgIpc) is 2.58. The van der Waals surface area contributed by atoms with Gasteiger partial charge in [-0.05, 0) is 63.2 Å². The van der Waals surface area contributed by atoms with Crippen LogP contribution in [0.5, 0.6) is 0 Å². The van der Waals surface area contributed by atoms with Gasteiger partial charge >= 0.3 is 0 Å². The molecule has 3 heteroatoms. The molecule has 0 amide bonds. The van der Waals surface area contributed by atoms with Crippen molar-refractivity contribution in [2.45, 2.75) is 50.9 Å². The molecular weight excluding hydrogens is 210 g/mol. The van der Waals surface area contributed by atoms with Gasteiger partial charge in [0.15, 0.2) is 0 Å². The van der Waals surface area contributed by atoms with Crippen LogP contribution < -0.4 is 0 Å². The van der Waals surface area contributed by atoms with E-state index in [1.54, 1.807) is 0 Å². The van der Waals surface area contributed by atoms with E-state index in [9.17, 15) is 0 Å². The Hall–Kier alpha value is -0.860. The fourth-order valence-electron chi connectivity index (χ4n) is 5.25. The third-order valence-electron chi connectivity index (χ3n) is 5.61. The van der Waals surface area contributed by atoms with Crippen molar-refractivity contribution in [3.8, 4) is 0 Å². The van der Waals surface area contributed by atoms with Gasteiger partial charge in [-0.1, -0.05) is 0 Å². The number of aryl methyl sites for hydroxylation is 1. The minimum absolute atomic E-state index is 0.394. The predicted molar refractivity (Wildman–Crippen MR) is 65.6 cm³/mol. The van der Waals surface area contributed by atoms with E-state index in [1.807, 2.05) is 0 Å². The van der Waals surface area contributed by atoms with Crippen molar-refractivity contribution in [1.29, 1.82) is 0 Å². The van der Waals surface area contributed by atoms with Crippen molar-refractivity contribution in [2.24, 2.45) is 24.8 Å². The Kier molecular flexibility index (Phi) is 1.85. The second-order valence-electron chi connectivity index (χ2n) is 6.83. The molecule has 0 radical (unpaired) electrons. The molecule has 0 spiro atoms. The Morgan fingerprint density at radius 2 is 1.53 bits per heavy atom. The fourth-order valence-corrected chi connectivity index (χ4v) is 5.25. The first kappa shape index (κ1) is 10.1. The molecule has 4 fully saturated rings. The van der Waals surface area contributed by atoms with E-state index in [2.05, 4.69) is 28.7 Å². The van der Waals surface area contributed by atoms with Crippen molar-refractivity contribution in [2.75, 3.05) is 0 Å². The summed E-state index contributed by atoms with van der Waals surface area (Å²) in [6.07, 6.45) is 8.63. The number of hydrogen-bond donors (Lipinski definition) is 0. The van der Waals surface area contributed by atoms with Gasteiger partial charge in [-0.15, -0.1) is 10.2 Å². The quantitative estimate of drug-likeness (QED) is 0.743. The lowest BCUT2D eigenvalue weighted by Crippen LogP contribution is -2.49. The molecule has 92 valence electrons. The average molecular weight is 231 g/mol. The summed E-state index contributed by atoms with van der Waals surface area (Å²) < 4.78 is 2.24. The minimum atomic E-state index is 0.394. The maximum atomic E-state index is 4.52. The van der Waals surface area contributed by atoms with E-state index in [4.69, 9.17) is 0 Å². The zero-order valence-corrected chi connectivity index (χ0v) is 10.8. The highest BCUT2D eigenvalue weighted by atomic mass is 15.3. The van der Waals surface area contributed by atoms with Crippen LogP contribution in [0.2, 0.25) is 0 Å². The van der Waals surface area contributed by atoms with Gasteiger partial charge in [-0.25, -0.2) is 0 Å². The summed E-state index contributed by atoms with van der Waals surface area (Å²) in [5, 5.41) is 8.80. The molecule has 4 aliphatic rings. The van der Waals surface area contributed by atoms with Crippen LogP contribution in [-0.4, -0.2) is 14.8 Å². The van der Waals surface area contributed by atoms with E-state index in [-0.39, 0.29) is 0 Å². The minimum Gasteiger partial charge on any atom is -0.318 e. The Labute approximate surface area is 103 Å². The summed E-state index contributed by atoms with van der Waals surface area (Å²) in [5.41, 5.74) is 0.394. The van der Waals surface area contributed by atoms with Crippen molar-refractivity contribution < 1.29 is 0 Å². The third-order valence-corrected chi connectivity index (χ3v) is 5.61. The zero-order valence-electron chi connectivity index (χ0n) is 10.8. The topological polar surface area (TPSA) is 30.7 Å². The fraction of sp³-hybridized carbons (Fsp3) is 0.857. The van der Waals surface area contributed by atoms with Crippen LogP contribution in [-0.2, 0) is 12.5 Å². The first-order chi connectivity index (χ1) is 8.16. The Morgan fingerprint density at radius 3 is 1.94 bits per heavy atom. The normalized spacial score (nSPS) is 43.3. The first-order valence-corrected chi connectivity index (χ1v) is 7.03. The first-order valence-electron chi connectivity index (χ1n) is 7.03. The summed E-state index contributed by atoms with van der Waals surface area (Å²) in [5.74, 6) is 5.31. The second kappa shape index (κ2) is 3.12. The molecular formula is C14H21N3. The van der Waals surface area contributed by atoms with Crippen molar-refractivity contribution in [3.63, 3.8) is 0 Å². The monoisotopic (exact) mass is 231 g/mol. The van der Waals surface area contributed by atoms with Crippen LogP contribution in [0.4, 0.5) is 0 Å². The van der Waals surface area contributed by atoms with Gasteiger partial charge in [0.1, 0.15) is 11.6 Å². The molecule has 1 aromatic heterocycles. The molecule has 0 aliphatic heterocycles. The van der Waals surface area contributed by atoms with Gasteiger partial charge in [0.05, 0.1) is 0 Å². The number of nitrogens with zero attached hydrogens (tertiary/aromatic N) is 3. The highest BCUT2D eigenvalue weighted by Crippen LogP contribution is 2.60. The van der Waals surface area contributed by atoms with Crippen molar-refractivity contribution >= 4 is 0 Å². The number of rotatable bonds is 1. The van der Waals surface area contributed by atoms with Gasteiger partial charge in [0, 0.05) is 12.5 Å². The highest BCUT2D eigenvalue weighted by molar-refractivity contribution is 5.18. The highest BCUT2D eigenvalue weighted by Gasteiger charge is 2.53. The molecule has 0 unspecified atom stereocenters. The second-order valence-corrected chi connectivity index (χ2v) is 6.83. The Bertz CT molecular complexity index is 425. The third kappa shape index (κ3) is 1.28.